The van der Waals surface area contributed by atoms with Crippen LogP contribution < -0.4 is 4.90 Å². The van der Waals surface area contributed by atoms with E-state index in [1.165, 1.54) is 0 Å². The molecule has 1 saturated heterocycles. The fourth-order valence-electron chi connectivity index (χ4n) is 1.74. The molecule has 16 heavy (non-hydrogen) atoms. The number of nitrogens with zero attached hydrogens (tertiary/aromatic N) is 1. The molecule has 0 saturated carbocycles. The third-order valence-electron chi connectivity index (χ3n) is 2.56. The summed E-state index contributed by atoms with van der Waals surface area (Å²) < 4.78 is 0. The van der Waals surface area contributed by atoms with E-state index < -0.39 is 0 Å². The number of terminal acetylenes is 1. The van der Waals surface area contributed by atoms with Gasteiger partial charge in [-0.3, -0.25) is 4.79 Å². The van der Waals surface area contributed by atoms with E-state index >= 15 is 0 Å². The van der Waals surface area contributed by atoms with Crippen molar-refractivity contribution in [3.63, 3.8) is 0 Å². The van der Waals surface area contributed by atoms with Gasteiger partial charge in [0, 0.05) is 23.9 Å². The molecule has 1 aromatic carbocycles. The van der Waals surface area contributed by atoms with Crippen molar-refractivity contribution in [3.05, 3.63) is 28.2 Å². The summed E-state index contributed by atoms with van der Waals surface area (Å²) in [6, 6.07) is 5.04. The Bertz CT molecular complexity index is 478. The molecule has 0 radical (unpaired) electrons. The number of benzene rings is 1. The summed E-state index contributed by atoms with van der Waals surface area (Å²) in [5.74, 6) is 2.54. The van der Waals surface area contributed by atoms with Gasteiger partial charge in [0.15, 0.2) is 0 Å². The molecule has 1 amide bonds. The van der Waals surface area contributed by atoms with Crippen LogP contribution in [0.4, 0.5) is 5.69 Å². The van der Waals surface area contributed by atoms with Crippen molar-refractivity contribution in [2.45, 2.75) is 6.42 Å². The van der Waals surface area contributed by atoms with E-state index in [-0.39, 0.29) is 11.8 Å². The van der Waals surface area contributed by atoms with E-state index in [9.17, 15) is 4.79 Å². The van der Waals surface area contributed by atoms with Crippen LogP contribution in [0.5, 0.6) is 0 Å². The van der Waals surface area contributed by atoms with Crippen molar-refractivity contribution >= 4 is 34.8 Å². The molecule has 1 unspecified atom stereocenters. The average Bonchev–Trinajstić information content (AvgIpc) is 2.63. The summed E-state index contributed by atoms with van der Waals surface area (Å²) in [5.41, 5.74) is 0.636. The number of carbonyl (C=O) groups excluding carboxylic acids is 1. The summed E-state index contributed by atoms with van der Waals surface area (Å²) in [6.45, 7) is 0.509. The molecule has 1 atom stereocenters. The van der Waals surface area contributed by atoms with Gasteiger partial charge in [0.25, 0.3) is 0 Å². The minimum absolute atomic E-state index is 0.00730. The molecule has 1 aromatic rings. The number of halogens is 2. The predicted molar refractivity (Wildman–Crippen MR) is 65.8 cm³/mol. The van der Waals surface area contributed by atoms with Gasteiger partial charge < -0.3 is 4.90 Å². The van der Waals surface area contributed by atoms with E-state index in [1.807, 2.05) is 0 Å². The number of hydrogen-bond acceptors (Lipinski definition) is 1. The fourth-order valence-corrected chi connectivity index (χ4v) is 2.13. The van der Waals surface area contributed by atoms with E-state index in [0.29, 0.717) is 28.7 Å². The van der Waals surface area contributed by atoms with Gasteiger partial charge in [-0.1, -0.05) is 23.2 Å². The lowest BCUT2D eigenvalue weighted by molar-refractivity contribution is -0.117. The molecule has 82 valence electrons. The Labute approximate surface area is 104 Å². The molecule has 2 rings (SSSR count). The van der Waals surface area contributed by atoms with Crippen LogP contribution in [0.25, 0.3) is 0 Å². The highest BCUT2D eigenvalue weighted by molar-refractivity contribution is 6.35. The fraction of sp³-hybridized carbons (Fsp3) is 0.250. The smallest absolute Gasteiger partial charge is 0.228 e. The van der Waals surface area contributed by atoms with Gasteiger partial charge in [-0.15, -0.1) is 12.3 Å². The van der Waals surface area contributed by atoms with Crippen LogP contribution >= 0.6 is 23.2 Å². The molecule has 1 fully saturated rings. The highest BCUT2D eigenvalue weighted by Crippen LogP contribution is 2.33. The molecule has 2 nitrogen and oxygen atoms in total. The van der Waals surface area contributed by atoms with Crippen LogP contribution in [0.1, 0.15) is 6.42 Å². The minimum Gasteiger partial charge on any atom is -0.310 e. The van der Waals surface area contributed by atoms with Gasteiger partial charge in [-0.05, 0) is 18.2 Å². The molecular formula is C12H9Cl2NO. The second-order valence-electron chi connectivity index (χ2n) is 3.67. The Hall–Kier alpha value is -1.17. The summed E-state index contributed by atoms with van der Waals surface area (Å²) in [7, 11) is 0. The Morgan fingerprint density at radius 2 is 2.19 bits per heavy atom. The van der Waals surface area contributed by atoms with E-state index in [4.69, 9.17) is 29.6 Å². The number of rotatable bonds is 1. The topological polar surface area (TPSA) is 20.3 Å². The first-order chi connectivity index (χ1) is 7.61. The second-order valence-corrected chi connectivity index (χ2v) is 4.51. The van der Waals surface area contributed by atoms with E-state index in [0.717, 1.165) is 0 Å². The lowest BCUT2D eigenvalue weighted by Gasteiger charge is -2.17. The van der Waals surface area contributed by atoms with Crippen molar-refractivity contribution in [1.29, 1.82) is 0 Å². The first-order valence-electron chi connectivity index (χ1n) is 4.83. The quantitative estimate of drug-likeness (QED) is 0.705. The van der Waals surface area contributed by atoms with Gasteiger partial charge in [-0.2, -0.15) is 0 Å². The molecular weight excluding hydrogens is 245 g/mol. The zero-order valence-corrected chi connectivity index (χ0v) is 9.92. The van der Waals surface area contributed by atoms with Crippen molar-refractivity contribution in [2.75, 3.05) is 11.4 Å². The van der Waals surface area contributed by atoms with Crippen LogP contribution in [0.3, 0.4) is 0 Å². The average molecular weight is 254 g/mol. The minimum atomic E-state index is -0.0393. The molecule has 0 spiro atoms. The maximum absolute atomic E-state index is 11.7. The van der Waals surface area contributed by atoms with E-state index in [1.54, 1.807) is 23.1 Å². The first-order valence-corrected chi connectivity index (χ1v) is 5.59. The predicted octanol–water partition coefficient (Wildman–Crippen LogP) is 2.98. The highest BCUT2D eigenvalue weighted by atomic mass is 35.5. The number of carbonyl (C=O) groups is 1. The highest BCUT2D eigenvalue weighted by Gasteiger charge is 2.30. The maximum Gasteiger partial charge on any atom is 0.228 e. The van der Waals surface area contributed by atoms with Gasteiger partial charge in [0.2, 0.25) is 5.91 Å². The van der Waals surface area contributed by atoms with Crippen molar-refractivity contribution in [2.24, 2.45) is 5.92 Å². The van der Waals surface area contributed by atoms with Gasteiger partial charge in [-0.25, -0.2) is 0 Å². The monoisotopic (exact) mass is 253 g/mol. The largest absolute Gasteiger partial charge is 0.310 e. The van der Waals surface area contributed by atoms with Gasteiger partial charge in [0.05, 0.1) is 10.7 Å². The van der Waals surface area contributed by atoms with Gasteiger partial charge in [0.1, 0.15) is 0 Å². The summed E-state index contributed by atoms with van der Waals surface area (Å²) in [4.78, 5) is 13.3. The van der Waals surface area contributed by atoms with Crippen molar-refractivity contribution < 1.29 is 4.79 Å². The lowest BCUT2D eigenvalue weighted by atomic mass is 10.1. The Balaban J connectivity index is 2.35. The van der Waals surface area contributed by atoms with Crippen LogP contribution in [-0.2, 0) is 4.79 Å². The lowest BCUT2D eigenvalue weighted by Crippen LogP contribution is -2.24. The molecule has 0 N–H and O–H groups in total. The summed E-state index contributed by atoms with van der Waals surface area (Å²) >= 11 is 11.9. The molecule has 1 aliphatic rings. The SMILES string of the molecule is C#CC1CC(=O)N(c2cc(Cl)ccc2Cl)C1. The summed E-state index contributed by atoms with van der Waals surface area (Å²) in [5, 5.41) is 1.06. The van der Waals surface area contributed by atoms with Gasteiger partial charge >= 0.3 is 0 Å². The van der Waals surface area contributed by atoms with E-state index in [2.05, 4.69) is 5.92 Å². The molecule has 4 heteroatoms. The molecule has 0 aromatic heterocycles. The second kappa shape index (κ2) is 4.37. The third kappa shape index (κ3) is 2.02. The van der Waals surface area contributed by atoms with Crippen LogP contribution in [0.15, 0.2) is 18.2 Å². The maximum atomic E-state index is 11.7. The number of anilines is 1. The molecule has 0 aliphatic carbocycles. The number of hydrogen-bond donors (Lipinski definition) is 0. The molecule has 1 aliphatic heterocycles. The third-order valence-corrected chi connectivity index (χ3v) is 3.11. The molecule has 1 heterocycles. The Morgan fingerprint density at radius 3 is 2.81 bits per heavy atom. The number of amides is 1. The zero-order chi connectivity index (χ0) is 11.7. The zero-order valence-electron chi connectivity index (χ0n) is 8.41. The van der Waals surface area contributed by atoms with Crippen molar-refractivity contribution in [1.82, 2.24) is 0 Å². The van der Waals surface area contributed by atoms with Crippen molar-refractivity contribution in [3.8, 4) is 12.3 Å². The van der Waals surface area contributed by atoms with Crippen LogP contribution in [0.2, 0.25) is 10.0 Å². The Morgan fingerprint density at radius 1 is 1.44 bits per heavy atom. The first kappa shape index (κ1) is 11.3. The molecule has 0 bridgehead atoms. The Kier molecular flexibility index (Phi) is 3.09. The van der Waals surface area contributed by atoms with Crippen LogP contribution in [0, 0.1) is 18.3 Å². The normalized spacial score (nSPS) is 19.9. The van der Waals surface area contributed by atoms with Crippen LogP contribution in [-0.4, -0.2) is 12.5 Å². The summed E-state index contributed by atoms with van der Waals surface area (Å²) in [6.07, 6.45) is 5.69. The standard InChI is InChI=1S/C12H9Cl2NO/c1-2-8-5-12(16)15(7-8)11-6-9(13)3-4-10(11)14/h1,3-4,6,8H,5,7H2.